The second-order valence-corrected chi connectivity index (χ2v) is 6.80. The molecule has 1 unspecified atom stereocenters. The van der Waals surface area contributed by atoms with Gasteiger partial charge in [-0.15, -0.1) is 11.3 Å². The van der Waals surface area contributed by atoms with E-state index in [2.05, 4.69) is 0 Å². The van der Waals surface area contributed by atoms with Gasteiger partial charge in [0.2, 0.25) is 0 Å². The largest absolute Gasteiger partial charge is 0.465 e. The molecular weight excluding hydrogens is 378 g/mol. The van der Waals surface area contributed by atoms with Gasteiger partial charge in [0.25, 0.3) is 0 Å². The third kappa shape index (κ3) is 3.90. The van der Waals surface area contributed by atoms with Gasteiger partial charge in [0, 0.05) is 16.8 Å². The highest BCUT2D eigenvalue weighted by Crippen LogP contribution is 2.30. The molecule has 2 aromatic rings. The average Bonchev–Trinajstić information content (AvgIpc) is 3.18. The Kier molecular flexibility index (Phi) is 6.08. The van der Waals surface area contributed by atoms with Crippen molar-refractivity contribution in [2.45, 2.75) is 6.10 Å². The number of nitrogens with zero attached hydrogens (tertiary/aromatic N) is 1. The number of esters is 2. The van der Waals surface area contributed by atoms with E-state index in [1.807, 2.05) is 17.5 Å². The van der Waals surface area contributed by atoms with Gasteiger partial charge in [-0.2, -0.15) is 0 Å². The van der Waals surface area contributed by atoms with Crippen LogP contribution in [0.1, 0.15) is 16.5 Å². The first-order valence-electron chi connectivity index (χ1n) is 8.43. The van der Waals surface area contributed by atoms with Gasteiger partial charge in [-0.05, 0) is 41.3 Å². The third-order valence-corrected chi connectivity index (χ3v) is 5.11. The molecular formula is C21H19NO5S. The highest BCUT2D eigenvalue weighted by Gasteiger charge is 2.27. The number of aliphatic hydroxyl groups is 1. The van der Waals surface area contributed by atoms with Crippen LogP contribution in [0.2, 0.25) is 0 Å². The molecule has 1 atom stereocenters. The van der Waals surface area contributed by atoms with E-state index in [4.69, 9.17) is 9.47 Å². The Balaban J connectivity index is 2.00. The Labute approximate surface area is 166 Å². The molecule has 0 saturated heterocycles. The molecule has 144 valence electrons. The Bertz CT molecular complexity index is 942. The van der Waals surface area contributed by atoms with Gasteiger partial charge in [0.1, 0.15) is 11.8 Å². The van der Waals surface area contributed by atoms with Crippen molar-refractivity contribution in [1.82, 2.24) is 0 Å². The van der Waals surface area contributed by atoms with E-state index in [-0.39, 0.29) is 11.3 Å². The molecule has 1 aliphatic rings. The lowest BCUT2D eigenvalue weighted by Crippen LogP contribution is -2.26. The monoisotopic (exact) mass is 397 g/mol. The molecule has 6 nitrogen and oxygen atoms in total. The maximum Gasteiger partial charge on any atom is 0.355 e. The molecule has 0 radical (unpaired) electrons. The topological polar surface area (TPSA) is 76.1 Å². The van der Waals surface area contributed by atoms with Crippen molar-refractivity contribution in [3.8, 4) is 0 Å². The summed E-state index contributed by atoms with van der Waals surface area (Å²) < 4.78 is 9.68. The number of rotatable bonds is 5. The van der Waals surface area contributed by atoms with Crippen LogP contribution in [-0.2, 0) is 19.1 Å². The van der Waals surface area contributed by atoms with Crippen LogP contribution >= 0.6 is 11.3 Å². The molecule has 0 bridgehead atoms. The summed E-state index contributed by atoms with van der Waals surface area (Å²) >= 11 is 1.47. The van der Waals surface area contributed by atoms with Gasteiger partial charge >= 0.3 is 11.9 Å². The first-order valence-corrected chi connectivity index (χ1v) is 9.31. The van der Waals surface area contributed by atoms with Gasteiger partial charge < -0.3 is 19.5 Å². The van der Waals surface area contributed by atoms with E-state index in [0.29, 0.717) is 5.69 Å². The van der Waals surface area contributed by atoms with Crippen molar-refractivity contribution >= 4 is 29.0 Å². The van der Waals surface area contributed by atoms with Crippen molar-refractivity contribution < 1.29 is 24.2 Å². The summed E-state index contributed by atoms with van der Waals surface area (Å²) in [7, 11) is 2.50. The first-order chi connectivity index (χ1) is 13.6. The molecule has 28 heavy (non-hydrogen) atoms. The van der Waals surface area contributed by atoms with E-state index in [1.165, 1.54) is 31.6 Å². The van der Waals surface area contributed by atoms with Crippen molar-refractivity contribution in [1.29, 1.82) is 0 Å². The maximum absolute atomic E-state index is 12.4. The van der Waals surface area contributed by atoms with Crippen LogP contribution in [0.5, 0.6) is 0 Å². The van der Waals surface area contributed by atoms with Gasteiger partial charge in [-0.3, -0.25) is 0 Å². The van der Waals surface area contributed by atoms with Crippen molar-refractivity contribution in [3.05, 3.63) is 87.9 Å². The fourth-order valence-electron chi connectivity index (χ4n) is 2.79. The normalized spacial score (nSPS) is 14.6. The van der Waals surface area contributed by atoms with E-state index < -0.39 is 18.0 Å². The van der Waals surface area contributed by atoms with Crippen LogP contribution in [0.25, 0.3) is 0 Å². The van der Waals surface area contributed by atoms with Crippen LogP contribution in [-0.4, -0.2) is 31.3 Å². The number of aliphatic hydroxyl groups excluding tert-OH is 1. The summed E-state index contributed by atoms with van der Waals surface area (Å²) in [5.41, 5.74) is 1.48. The molecule has 0 saturated carbocycles. The summed E-state index contributed by atoms with van der Waals surface area (Å²) in [4.78, 5) is 27.0. The second-order valence-electron chi connectivity index (χ2n) is 5.83. The molecule has 0 fully saturated rings. The number of hydrogen-bond donors (Lipinski definition) is 1. The lowest BCUT2D eigenvalue weighted by molar-refractivity contribution is -0.139. The highest BCUT2D eigenvalue weighted by molar-refractivity contribution is 7.10. The molecule has 1 aromatic heterocycles. The zero-order valence-corrected chi connectivity index (χ0v) is 16.2. The van der Waals surface area contributed by atoms with Crippen molar-refractivity contribution in [2.75, 3.05) is 19.1 Å². The molecule has 0 amide bonds. The molecule has 1 aliphatic heterocycles. The average molecular weight is 397 g/mol. The number of anilines is 1. The fraction of sp³-hybridized carbons (Fsp3) is 0.143. The number of methoxy groups -OCH3 is 2. The molecule has 0 aliphatic carbocycles. The van der Waals surface area contributed by atoms with Gasteiger partial charge in [0.15, 0.2) is 0 Å². The molecule has 2 heterocycles. The van der Waals surface area contributed by atoms with E-state index in [9.17, 15) is 14.7 Å². The lowest BCUT2D eigenvalue weighted by atomic mass is 10.1. The van der Waals surface area contributed by atoms with Crippen LogP contribution in [0.3, 0.4) is 0 Å². The minimum atomic E-state index is -0.725. The van der Waals surface area contributed by atoms with Gasteiger partial charge in [-0.1, -0.05) is 24.3 Å². The lowest BCUT2D eigenvalue weighted by Gasteiger charge is -2.23. The van der Waals surface area contributed by atoms with E-state index >= 15 is 0 Å². The van der Waals surface area contributed by atoms with Gasteiger partial charge in [-0.25, -0.2) is 9.59 Å². The summed E-state index contributed by atoms with van der Waals surface area (Å²) in [6.45, 7) is 0. The van der Waals surface area contributed by atoms with Crippen LogP contribution < -0.4 is 4.90 Å². The number of carbonyl (C=O) groups is 2. The SMILES string of the molecule is COC(=O)C1=C(C(=O)OC)N(c2ccc(C(O)c3cccs3)cc2)C=CC=C1. The van der Waals surface area contributed by atoms with Gasteiger partial charge in [0.05, 0.1) is 19.8 Å². The summed E-state index contributed by atoms with van der Waals surface area (Å²) in [5, 5.41) is 12.4. The molecule has 1 N–H and O–H groups in total. The first kappa shape index (κ1) is 19.6. The number of carbonyl (C=O) groups excluding carboxylic acids is 2. The minimum absolute atomic E-state index is 0.0471. The van der Waals surface area contributed by atoms with Crippen LogP contribution in [0.4, 0.5) is 5.69 Å². The zero-order valence-electron chi connectivity index (χ0n) is 15.4. The second kappa shape index (κ2) is 8.69. The summed E-state index contributed by atoms with van der Waals surface area (Å²) in [6, 6.07) is 10.8. The van der Waals surface area contributed by atoms with Crippen molar-refractivity contribution in [3.63, 3.8) is 0 Å². The van der Waals surface area contributed by atoms with Crippen LogP contribution in [0, 0.1) is 0 Å². The maximum atomic E-state index is 12.4. The molecule has 0 spiro atoms. The smallest absolute Gasteiger partial charge is 0.355 e. The van der Waals surface area contributed by atoms with Crippen LogP contribution in [0.15, 0.2) is 77.5 Å². The minimum Gasteiger partial charge on any atom is -0.465 e. The number of ether oxygens (including phenoxy) is 2. The predicted octanol–water partition coefficient (Wildman–Crippen LogP) is 3.32. The highest BCUT2D eigenvalue weighted by atomic mass is 32.1. The standard InChI is InChI=1S/C21H19NO5S/c1-26-20(24)16-6-3-4-12-22(18(16)21(25)27-2)15-10-8-14(9-11-15)19(23)17-7-5-13-28-17/h3-13,19,23H,1-2H3. The number of hydrogen-bond acceptors (Lipinski definition) is 7. The Morgan fingerprint density at radius 1 is 1.04 bits per heavy atom. The fourth-order valence-corrected chi connectivity index (χ4v) is 3.53. The molecule has 7 heteroatoms. The Morgan fingerprint density at radius 3 is 2.36 bits per heavy atom. The van der Waals surface area contributed by atoms with E-state index in [1.54, 1.807) is 47.5 Å². The predicted molar refractivity (Wildman–Crippen MR) is 107 cm³/mol. The zero-order chi connectivity index (χ0) is 20.1. The molecule has 1 aromatic carbocycles. The molecule has 3 rings (SSSR count). The number of allylic oxidation sites excluding steroid dienone is 2. The summed E-state index contributed by atoms with van der Waals surface area (Å²) in [6.07, 6.45) is 5.78. The third-order valence-electron chi connectivity index (χ3n) is 4.19. The Morgan fingerprint density at radius 2 is 1.75 bits per heavy atom. The number of thiophene rings is 1. The number of benzene rings is 1. The van der Waals surface area contributed by atoms with Crippen molar-refractivity contribution in [2.24, 2.45) is 0 Å². The van der Waals surface area contributed by atoms with E-state index in [0.717, 1.165) is 10.4 Å². The summed E-state index contributed by atoms with van der Waals surface area (Å²) in [5.74, 6) is -1.31. The Hall–Kier alpha value is -3.16. The quantitative estimate of drug-likeness (QED) is 0.780.